The molecule has 0 heterocycles. The van der Waals surface area contributed by atoms with Crippen LogP contribution in [0.3, 0.4) is 0 Å². The minimum absolute atomic E-state index is 0.0726. The lowest BCUT2D eigenvalue weighted by Gasteiger charge is -2.34. The largest absolute Gasteiger partial charge is 0.486 e. The number of ether oxygens (including phenoxy) is 1. The van der Waals surface area contributed by atoms with Gasteiger partial charge in [0.05, 0.1) is 6.10 Å². The number of aliphatic hydroxyl groups is 1. The van der Waals surface area contributed by atoms with Crippen molar-refractivity contribution in [2.45, 2.75) is 38.7 Å². The molecule has 0 amide bonds. The maximum absolute atomic E-state index is 11.8. The zero-order valence-electron chi connectivity index (χ0n) is 9.66. The number of allylic oxidation sites excluding steroid dienone is 1. The van der Waals surface area contributed by atoms with Crippen LogP contribution in [0.4, 0.5) is 0 Å². The molecular formula is C13H18O3. The van der Waals surface area contributed by atoms with Gasteiger partial charge < -0.3 is 9.84 Å². The Morgan fingerprint density at radius 2 is 2.38 bits per heavy atom. The van der Waals surface area contributed by atoms with Crippen LogP contribution in [0, 0.1) is 5.41 Å². The lowest BCUT2D eigenvalue weighted by atomic mass is 9.73. The summed E-state index contributed by atoms with van der Waals surface area (Å²) in [5, 5.41) is 9.99. The molecule has 2 atom stereocenters. The first-order chi connectivity index (χ1) is 7.59. The monoisotopic (exact) mass is 222 g/mol. The van der Waals surface area contributed by atoms with Gasteiger partial charge in [-0.05, 0) is 24.8 Å². The van der Waals surface area contributed by atoms with Crippen LogP contribution in [0.5, 0.6) is 0 Å². The van der Waals surface area contributed by atoms with E-state index in [1.807, 2.05) is 6.92 Å². The van der Waals surface area contributed by atoms with Gasteiger partial charge in [0.1, 0.15) is 6.61 Å². The van der Waals surface area contributed by atoms with E-state index in [0.717, 1.165) is 24.8 Å². The van der Waals surface area contributed by atoms with Crippen LogP contribution in [-0.2, 0) is 9.53 Å². The third kappa shape index (κ3) is 1.59. The number of ketones is 1. The molecule has 0 spiro atoms. The Kier molecular flexibility index (Phi) is 2.89. The Hall–Kier alpha value is -1.09. The average molecular weight is 222 g/mol. The Morgan fingerprint density at radius 1 is 1.62 bits per heavy atom. The van der Waals surface area contributed by atoms with E-state index in [-0.39, 0.29) is 17.3 Å². The Bertz CT molecular complexity index is 356. The summed E-state index contributed by atoms with van der Waals surface area (Å²) < 4.78 is 5.47. The molecule has 0 saturated heterocycles. The minimum Gasteiger partial charge on any atom is -0.486 e. The molecule has 2 aliphatic carbocycles. The molecule has 0 bridgehead atoms. The summed E-state index contributed by atoms with van der Waals surface area (Å²) in [4.78, 5) is 11.8. The lowest BCUT2D eigenvalue weighted by molar-refractivity contribution is -0.120. The van der Waals surface area contributed by atoms with E-state index in [2.05, 4.69) is 6.58 Å². The summed E-state index contributed by atoms with van der Waals surface area (Å²) in [6.45, 7) is 5.97. The third-order valence-corrected chi connectivity index (χ3v) is 3.84. The highest BCUT2D eigenvalue weighted by Gasteiger charge is 2.47. The molecule has 3 nitrogen and oxygen atoms in total. The number of carbonyl (C=O) groups excluding carboxylic acids is 1. The van der Waals surface area contributed by atoms with Crippen molar-refractivity contribution in [1.29, 1.82) is 0 Å². The first-order valence-electron chi connectivity index (χ1n) is 5.78. The number of Topliss-reactive ketones (excluding diaryl/α,β-unsaturated/α-hetero) is 1. The topological polar surface area (TPSA) is 46.5 Å². The molecule has 1 fully saturated rings. The van der Waals surface area contributed by atoms with E-state index in [0.29, 0.717) is 18.8 Å². The highest BCUT2D eigenvalue weighted by atomic mass is 16.5. The van der Waals surface area contributed by atoms with Gasteiger partial charge in [-0.2, -0.15) is 0 Å². The van der Waals surface area contributed by atoms with Crippen molar-refractivity contribution in [3.63, 3.8) is 0 Å². The SMILES string of the molecule is C=CCOC1=C2CC[C@@H](O)[C@]2(C)CCC1=O. The predicted octanol–water partition coefficient (Wildman–Crippen LogP) is 1.97. The summed E-state index contributed by atoms with van der Waals surface area (Å²) in [6.07, 6.45) is 4.03. The summed E-state index contributed by atoms with van der Waals surface area (Å²) in [6, 6.07) is 0. The summed E-state index contributed by atoms with van der Waals surface area (Å²) in [5.41, 5.74) is 0.767. The van der Waals surface area contributed by atoms with Crippen molar-refractivity contribution in [2.24, 2.45) is 5.41 Å². The normalized spacial score (nSPS) is 33.9. The molecule has 2 rings (SSSR count). The first kappa shape index (κ1) is 11.4. The van der Waals surface area contributed by atoms with E-state index < -0.39 is 0 Å². The molecule has 1 N–H and O–H groups in total. The van der Waals surface area contributed by atoms with Crippen LogP contribution in [0.25, 0.3) is 0 Å². The molecule has 0 radical (unpaired) electrons. The van der Waals surface area contributed by atoms with Gasteiger partial charge in [-0.25, -0.2) is 0 Å². The number of hydrogen-bond donors (Lipinski definition) is 1. The fourth-order valence-electron chi connectivity index (χ4n) is 2.74. The molecule has 0 aromatic carbocycles. The third-order valence-electron chi connectivity index (χ3n) is 3.84. The van der Waals surface area contributed by atoms with Gasteiger partial charge in [0.25, 0.3) is 0 Å². The van der Waals surface area contributed by atoms with Crippen molar-refractivity contribution >= 4 is 5.78 Å². The first-order valence-corrected chi connectivity index (χ1v) is 5.78. The van der Waals surface area contributed by atoms with Gasteiger partial charge >= 0.3 is 0 Å². The van der Waals surface area contributed by atoms with Crippen molar-refractivity contribution in [3.05, 3.63) is 24.0 Å². The number of hydrogen-bond acceptors (Lipinski definition) is 3. The van der Waals surface area contributed by atoms with Crippen LogP contribution < -0.4 is 0 Å². The van der Waals surface area contributed by atoms with E-state index in [1.54, 1.807) is 6.08 Å². The average Bonchev–Trinajstić information content (AvgIpc) is 2.56. The van der Waals surface area contributed by atoms with Gasteiger partial charge in [-0.3, -0.25) is 4.79 Å². The molecule has 3 heteroatoms. The molecule has 0 aliphatic heterocycles. The van der Waals surface area contributed by atoms with Crippen LogP contribution >= 0.6 is 0 Å². The number of carbonyl (C=O) groups is 1. The molecule has 0 aromatic heterocycles. The van der Waals surface area contributed by atoms with Gasteiger partial charge in [0.15, 0.2) is 11.5 Å². The molecular weight excluding hydrogens is 204 g/mol. The zero-order chi connectivity index (χ0) is 11.8. The lowest BCUT2D eigenvalue weighted by Crippen LogP contribution is -2.34. The maximum atomic E-state index is 11.8. The second-order valence-corrected chi connectivity index (χ2v) is 4.80. The molecule has 1 saturated carbocycles. The van der Waals surface area contributed by atoms with Gasteiger partial charge in [0.2, 0.25) is 0 Å². The van der Waals surface area contributed by atoms with Gasteiger partial charge in [-0.1, -0.05) is 19.6 Å². The Balaban J connectivity index is 2.35. The predicted molar refractivity (Wildman–Crippen MR) is 60.8 cm³/mol. The van der Waals surface area contributed by atoms with Crippen molar-refractivity contribution in [3.8, 4) is 0 Å². The number of aliphatic hydroxyl groups excluding tert-OH is 1. The standard InChI is InChI=1S/C13H18O3/c1-3-8-16-12-9-4-5-11(15)13(9,2)7-6-10(12)14/h3,11,15H,1,4-8H2,2H3/t11-,13-/m1/s1. The van der Waals surface area contributed by atoms with Crippen molar-refractivity contribution in [1.82, 2.24) is 0 Å². The van der Waals surface area contributed by atoms with E-state index in [9.17, 15) is 9.90 Å². The second kappa shape index (κ2) is 4.06. The van der Waals surface area contributed by atoms with E-state index in [1.165, 1.54) is 0 Å². The number of rotatable bonds is 3. The Labute approximate surface area is 95.8 Å². The van der Waals surface area contributed by atoms with E-state index in [4.69, 9.17) is 4.74 Å². The quantitative estimate of drug-likeness (QED) is 0.742. The zero-order valence-corrected chi connectivity index (χ0v) is 9.66. The molecule has 16 heavy (non-hydrogen) atoms. The molecule has 2 aliphatic rings. The van der Waals surface area contributed by atoms with Crippen LogP contribution in [0.1, 0.15) is 32.6 Å². The minimum atomic E-state index is -0.335. The fraction of sp³-hybridized carbons (Fsp3) is 0.615. The molecule has 0 unspecified atom stereocenters. The maximum Gasteiger partial charge on any atom is 0.197 e. The smallest absolute Gasteiger partial charge is 0.197 e. The summed E-state index contributed by atoms with van der Waals surface area (Å²) >= 11 is 0. The number of fused-ring (bicyclic) bond motifs is 1. The Morgan fingerprint density at radius 3 is 3.06 bits per heavy atom. The molecule has 88 valence electrons. The van der Waals surface area contributed by atoms with Gasteiger partial charge in [-0.15, -0.1) is 0 Å². The van der Waals surface area contributed by atoms with Crippen LogP contribution in [0.2, 0.25) is 0 Å². The summed E-state index contributed by atoms with van der Waals surface area (Å²) in [5.74, 6) is 0.564. The van der Waals surface area contributed by atoms with Crippen molar-refractivity contribution < 1.29 is 14.6 Å². The van der Waals surface area contributed by atoms with E-state index >= 15 is 0 Å². The molecule has 0 aromatic rings. The summed E-state index contributed by atoms with van der Waals surface area (Å²) in [7, 11) is 0. The van der Waals surface area contributed by atoms with Crippen molar-refractivity contribution in [2.75, 3.05) is 6.61 Å². The van der Waals surface area contributed by atoms with Gasteiger partial charge in [0, 0.05) is 11.8 Å². The second-order valence-electron chi connectivity index (χ2n) is 4.80. The van der Waals surface area contributed by atoms with Crippen LogP contribution in [0.15, 0.2) is 24.0 Å². The highest BCUT2D eigenvalue weighted by Crippen LogP contribution is 2.50. The van der Waals surface area contributed by atoms with Crippen LogP contribution in [-0.4, -0.2) is 23.6 Å². The highest BCUT2D eigenvalue weighted by molar-refractivity contribution is 5.95. The fourth-order valence-corrected chi connectivity index (χ4v) is 2.74.